The summed E-state index contributed by atoms with van der Waals surface area (Å²) >= 11 is 0. The van der Waals surface area contributed by atoms with Crippen LogP contribution >= 0.6 is 0 Å². The van der Waals surface area contributed by atoms with E-state index in [-0.39, 0.29) is 0 Å². The minimum absolute atomic E-state index is 0.564. The Morgan fingerprint density at radius 3 is 2.77 bits per heavy atom. The first kappa shape index (κ1) is 19.2. The molecule has 7 nitrogen and oxygen atoms in total. The lowest BCUT2D eigenvalue weighted by Gasteiger charge is -2.10. The third kappa shape index (κ3) is 4.28. The van der Waals surface area contributed by atoms with E-state index >= 15 is 0 Å². The maximum Gasteiger partial charge on any atom is 0.224 e. The van der Waals surface area contributed by atoms with E-state index in [1.165, 1.54) is 0 Å². The summed E-state index contributed by atoms with van der Waals surface area (Å²) in [5.41, 5.74) is 3.17. The Balaban J connectivity index is 1.61. The number of aryl methyl sites for hydroxylation is 2. The van der Waals surface area contributed by atoms with E-state index in [9.17, 15) is 0 Å². The van der Waals surface area contributed by atoms with E-state index < -0.39 is 0 Å². The van der Waals surface area contributed by atoms with Gasteiger partial charge in [0, 0.05) is 29.7 Å². The molecule has 0 atom stereocenters. The predicted molar refractivity (Wildman–Crippen MR) is 116 cm³/mol. The van der Waals surface area contributed by atoms with Crippen LogP contribution in [0.25, 0.3) is 10.7 Å². The van der Waals surface area contributed by atoms with Crippen LogP contribution in [0, 0.1) is 13.5 Å². The zero-order valence-electron chi connectivity index (χ0n) is 16.7. The molecule has 1 aromatic carbocycles. The fourth-order valence-corrected chi connectivity index (χ4v) is 2.93. The van der Waals surface area contributed by atoms with Gasteiger partial charge in [0.1, 0.15) is 11.6 Å². The van der Waals surface area contributed by atoms with Gasteiger partial charge in [0.05, 0.1) is 12.3 Å². The van der Waals surface area contributed by atoms with Crippen molar-refractivity contribution in [2.24, 2.45) is 0 Å². The first-order chi connectivity index (χ1) is 14.6. The first-order valence-electron chi connectivity index (χ1n) is 9.56. The van der Waals surface area contributed by atoms with E-state index in [1.807, 2.05) is 50.2 Å². The molecule has 0 saturated heterocycles. The fraction of sp³-hybridized carbons (Fsp3) is 0.130. The van der Waals surface area contributed by atoms with Gasteiger partial charge >= 0.3 is 0 Å². The summed E-state index contributed by atoms with van der Waals surface area (Å²) in [6.45, 7) is 11.1. The first-order valence-corrected chi connectivity index (χ1v) is 9.56. The van der Waals surface area contributed by atoms with Crippen LogP contribution in [0.3, 0.4) is 0 Å². The van der Waals surface area contributed by atoms with Gasteiger partial charge in [-0.1, -0.05) is 25.1 Å². The molecule has 1 N–H and O–H groups in total. The zero-order chi connectivity index (χ0) is 20.9. The van der Waals surface area contributed by atoms with Gasteiger partial charge in [-0.3, -0.25) is 0 Å². The summed E-state index contributed by atoms with van der Waals surface area (Å²) in [6.07, 6.45) is 2.46. The molecular formula is C23H20N6O. The van der Waals surface area contributed by atoms with Gasteiger partial charge in [-0.25, -0.2) is 14.8 Å². The van der Waals surface area contributed by atoms with Gasteiger partial charge in [0.25, 0.3) is 0 Å². The number of benzene rings is 1. The van der Waals surface area contributed by atoms with Crippen molar-refractivity contribution in [2.45, 2.75) is 20.3 Å². The summed E-state index contributed by atoms with van der Waals surface area (Å²) in [7, 11) is 0. The quantitative estimate of drug-likeness (QED) is 0.428. The van der Waals surface area contributed by atoms with Crippen LogP contribution in [0.4, 0.5) is 17.2 Å². The third-order valence-corrected chi connectivity index (χ3v) is 4.38. The van der Waals surface area contributed by atoms with E-state index in [0.29, 0.717) is 29.0 Å². The van der Waals surface area contributed by atoms with E-state index in [4.69, 9.17) is 11.3 Å². The molecule has 3 heterocycles. The molecule has 3 aromatic heterocycles. The highest BCUT2D eigenvalue weighted by Crippen LogP contribution is 2.28. The molecule has 0 amide bonds. The van der Waals surface area contributed by atoms with Crippen LogP contribution in [-0.2, 0) is 6.42 Å². The Hall–Kier alpha value is -4.18. The van der Waals surface area contributed by atoms with Crippen molar-refractivity contribution in [3.8, 4) is 17.4 Å². The Morgan fingerprint density at radius 1 is 1.10 bits per heavy atom. The highest BCUT2D eigenvalue weighted by molar-refractivity contribution is 5.63. The standard InChI is InChI=1S/C23H20N6O/c1-4-17-14-23(29(28-17)22-10-5-7-16(2)26-22)30-20-11-12-25-21(15-20)27-19-9-6-8-18(13-19)24-3/h5-15H,4H2,1-2H3,(H,25,27). The van der Waals surface area contributed by atoms with E-state index in [0.717, 1.165) is 23.5 Å². The topological polar surface area (TPSA) is 69.2 Å². The lowest BCUT2D eigenvalue weighted by molar-refractivity contribution is 0.442. The lowest BCUT2D eigenvalue weighted by Crippen LogP contribution is -2.03. The van der Waals surface area contributed by atoms with Crippen molar-refractivity contribution in [1.29, 1.82) is 0 Å². The average Bonchev–Trinajstić information content (AvgIpc) is 3.17. The third-order valence-electron chi connectivity index (χ3n) is 4.38. The molecule has 4 rings (SSSR count). The number of rotatable bonds is 6. The van der Waals surface area contributed by atoms with Crippen molar-refractivity contribution in [3.05, 3.63) is 89.7 Å². The summed E-state index contributed by atoms with van der Waals surface area (Å²) in [5, 5.41) is 7.82. The Kier molecular flexibility index (Phi) is 5.39. The van der Waals surface area contributed by atoms with Crippen LogP contribution in [0.1, 0.15) is 18.3 Å². The SMILES string of the molecule is [C-]#[N+]c1cccc(Nc2cc(Oc3cc(CC)nn3-c3cccc(C)n3)ccn2)c1. The number of nitrogens with zero attached hydrogens (tertiary/aromatic N) is 5. The average molecular weight is 396 g/mol. The normalized spacial score (nSPS) is 10.4. The molecule has 7 heteroatoms. The minimum Gasteiger partial charge on any atom is -0.439 e. The number of ether oxygens (including phenoxy) is 1. The summed E-state index contributed by atoms with van der Waals surface area (Å²) < 4.78 is 7.85. The van der Waals surface area contributed by atoms with Gasteiger partial charge in [0.15, 0.2) is 11.5 Å². The molecule has 0 aliphatic heterocycles. The molecular weight excluding hydrogens is 376 g/mol. The zero-order valence-corrected chi connectivity index (χ0v) is 16.7. The Bertz CT molecular complexity index is 1220. The largest absolute Gasteiger partial charge is 0.439 e. The highest BCUT2D eigenvalue weighted by Gasteiger charge is 2.13. The van der Waals surface area contributed by atoms with Crippen molar-refractivity contribution in [1.82, 2.24) is 19.7 Å². The maximum atomic E-state index is 7.15. The number of hydrogen-bond acceptors (Lipinski definition) is 5. The molecule has 0 bridgehead atoms. The monoisotopic (exact) mass is 396 g/mol. The summed E-state index contributed by atoms with van der Waals surface area (Å²) in [5.74, 6) is 2.51. The molecule has 30 heavy (non-hydrogen) atoms. The van der Waals surface area contributed by atoms with Crippen LogP contribution in [0.5, 0.6) is 11.6 Å². The van der Waals surface area contributed by atoms with Gasteiger partial charge < -0.3 is 10.1 Å². The van der Waals surface area contributed by atoms with Crippen LogP contribution in [0.15, 0.2) is 66.9 Å². The number of aromatic nitrogens is 4. The van der Waals surface area contributed by atoms with E-state index in [1.54, 1.807) is 35.1 Å². The number of pyridine rings is 2. The van der Waals surface area contributed by atoms with Crippen molar-refractivity contribution >= 4 is 17.2 Å². The molecule has 0 unspecified atom stereocenters. The van der Waals surface area contributed by atoms with E-state index in [2.05, 4.69) is 25.2 Å². The second kappa shape index (κ2) is 8.45. The number of nitrogens with one attached hydrogen (secondary N) is 1. The molecule has 0 spiro atoms. The van der Waals surface area contributed by atoms with Gasteiger partial charge in [0.2, 0.25) is 5.88 Å². The Labute approximate surface area is 174 Å². The predicted octanol–water partition coefficient (Wildman–Crippen LogP) is 5.62. The molecule has 4 aromatic rings. The Morgan fingerprint density at radius 2 is 1.97 bits per heavy atom. The molecule has 0 fully saturated rings. The van der Waals surface area contributed by atoms with Gasteiger partial charge in [-0.15, -0.1) is 0 Å². The van der Waals surface area contributed by atoms with Gasteiger partial charge in [-0.05, 0) is 43.7 Å². The minimum atomic E-state index is 0.564. The second-order valence-corrected chi connectivity index (χ2v) is 6.64. The molecule has 0 aliphatic rings. The molecule has 148 valence electrons. The molecule has 0 saturated carbocycles. The van der Waals surface area contributed by atoms with Crippen LogP contribution < -0.4 is 10.1 Å². The highest BCUT2D eigenvalue weighted by atomic mass is 16.5. The second-order valence-electron chi connectivity index (χ2n) is 6.64. The number of hydrogen-bond donors (Lipinski definition) is 1. The smallest absolute Gasteiger partial charge is 0.224 e. The summed E-state index contributed by atoms with van der Waals surface area (Å²) in [4.78, 5) is 12.3. The van der Waals surface area contributed by atoms with Crippen molar-refractivity contribution in [2.75, 3.05) is 5.32 Å². The van der Waals surface area contributed by atoms with Gasteiger partial charge in [-0.2, -0.15) is 9.78 Å². The molecule has 0 radical (unpaired) electrons. The molecule has 0 aliphatic carbocycles. The fourth-order valence-electron chi connectivity index (χ4n) is 2.93. The maximum absolute atomic E-state index is 7.15. The van der Waals surface area contributed by atoms with Crippen molar-refractivity contribution < 1.29 is 4.74 Å². The summed E-state index contributed by atoms with van der Waals surface area (Å²) in [6, 6.07) is 18.5. The van der Waals surface area contributed by atoms with Crippen LogP contribution in [-0.4, -0.2) is 19.7 Å². The van der Waals surface area contributed by atoms with Crippen molar-refractivity contribution in [3.63, 3.8) is 0 Å². The number of anilines is 2. The lowest BCUT2D eigenvalue weighted by atomic mass is 10.3. The van der Waals surface area contributed by atoms with Crippen LogP contribution in [0.2, 0.25) is 0 Å².